The summed E-state index contributed by atoms with van der Waals surface area (Å²) in [5, 5.41) is 12.0. The van der Waals surface area contributed by atoms with Crippen LogP contribution in [0.3, 0.4) is 0 Å². The molecule has 0 saturated carbocycles. The smallest absolute Gasteiger partial charge is 0.232 e. The van der Waals surface area contributed by atoms with Crippen molar-refractivity contribution < 1.29 is 18.8 Å². The molecule has 7 heteroatoms. The highest BCUT2D eigenvalue weighted by molar-refractivity contribution is 6.05. The van der Waals surface area contributed by atoms with Gasteiger partial charge in [-0.3, -0.25) is 19.7 Å². The molecule has 0 spiro atoms. The fraction of sp³-hybridized carbons (Fsp3) is 0.364. The number of hydrogen-bond donors (Lipinski definition) is 1. The molecule has 7 nitrogen and oxygen atoms in total. The third-order valence-electron chi connectivity index (χ3n) is 5.25. The molecule has 1 aliphatic rings. The number of nitriles is 1. The molecule has 1 unspecified atom stereocenters. The number of carbonyl (C=O) groups excluding carboxylic acids is 3. The van der Waals surface area contributed by atoms with Crippen molar-refractivity contribution in [3.8, 4) is 6.07 Å². The second kappa shape index (κ2) is 7.92. The molecule has 0 radical (unpaired) electrons. The van der Waals surface area contributed by atoms with Crippen LogP contribution in [0, 0.1) is 31.1 Å². The number of rotatable bonds is 5. The van der Waals surface area contributed by atoms with E-state index in [2.05, 4.69) is 5.32 Å². The van der Waals surface area contributed by atoms with Crippen LogP contribution in [-0.4, -0.2) is 24.1 Å². The highest BCUT2D eigenvalue weighted by Gasteiger charge is 2.37. The largest absolute Gasteiger partial charge is 0.443 e. The second-order valence-electron chi connectivity index (χ2n) is 7.24. The summed E-state index contributed by atoms with van der Waals surface area (Å²) in [6.45, 7) is 7.13. The third kappa shape index (κ3) is 3.66. The Hall–Kier alpha value is -3.40. The van der Waals surface area contributed by atoms with E-state index >= 15 is 0 Å². The fourth-order valence-electron chi connectivity index (χ4n) is 3.87. The first-order chi connectivity index (χ1) is 13.8. The van der Waals surface area contributed by atoms with Gasteiger partial charge in [0.25, 0.3) is 0 Å². The minimum Gasteiger partial charge on any atom is -0.443 e. The van der Waals surface area contributed by atoms with E-state index in [-0.39, 0.29) is 47.4 Å². The van der Waals surface area contributed by atoms with Crippen LogP contribution in [0.25, 0.3) is 0 Å². The summed E-state index contributed by atoms with van der Waals surface area (Å²) in [6.07, 6.45) is 0.854. The predicted molar refractivity (Wildman–Crippen MR) is 108 cm³/mol. The van der Waals surface area contributed by atoms with Crippen molar-refractivity contribution in [2.75, 3.05) is 16.8 Å². The zero-order valence-corrected chi connectivity index (χ0v) is 17.0. The number of furan rings is 1. The van der Waals surface area contributed by atoms with Crippen molar-refractivity contribution in [1.82, 2.24) is 0 Å². The van der Waals surface area contributed by atoms with E-state index in [1.165, 1.54) is 6.92 Å². The van der Waals surface area contributed by atoms with Gasteiger partial charge in [0, 0.05) is 18.7 Å². The van der Waals surface area contributed by atoms with E-state index in [0.717, 1.165) is 23.2 Å². The van der Waals surface area contributed by atoms with E-state index in [1.807, 2.05) is 38.1 Å². The summed E-state index contributed by atoms with van der Waals surface area (Å²) >= 11 is 0. The average Bonchev–Trinajstić information content (AvgIpc) is 3.20. The van der Waals surface area contributed by atoms with Gasteiger partial charge >= 0.3 is 0 Å². The van der Waals surface area contributed by atoms with Crippen molar-refractivity contribution in [3.63, 3.8) is 0 Å². The number of carbonyl (C=O) groups is 3. The van der Waals surface area contributed by atoms with Gasteiger partial charge in [0.15, 0.2) is 5.78 Å². The number of aryl methyl sites for hydroxylation is 3. The number of ketones is 1. The second-order valence-corrected chi connectivity index (χ2v) is 7.24. The molecule has 1 fully saturated rings. The molecule has 0 bridgehead atoms. The number of para-hydroxylation sites is 1. The predicted octanol–water partition coefficient (Wildman–Crippen LogP) is 3.52. The Morgan fingerprint density at radius 2 is 2.07 bits per heavy atom. The summed E-state index contributed by atoms with van der Waals surface area (Å²) in [7, 11) is 0. The zero-order valence-electron chi connectivity index (χ0n) is 17.0. The van der Waals surface area contributed by atoms with Gasteiger partial charge in [-0.2, -0.15) is 5.26 Å². The number of nitrogens with zero attached hydrogens (tertiary/aromatic N) is 2. The fourth-order valence-corrected chi connectivity index (χ4v) is 3.87. The van der Waals surface area contributed by atoms with Crippen LogP contribution >= 0.6 is 0 Å². The van der Waals surface area contributed by atoms with Crippen molar-refractivity contribution in [1.29, 1.82) is 5.26 Å². The molecule has 0 aliphatic carbocycles. The van der Waals surface area contributed by atoms with Gasteiger partial charge < -0.3 is 9.32 Å². The quantitative estimate of drug-likeness (QED) is 0.783. The summed E-state index contributed by atoms with van der Waals surface area (Å²) in [5.74, 6) is -1.18. The molecule has 29 heavy (non-hydrogen) atoms. The van der Waals surface area contributed by atoms with Crippen LogP contribution in [0.2, 0.25) is 0 Å². The number of Topliss-reactive ketones (excluding diaryl/α,β-unsaturated/α-hetero) is 1. The minimum atomic E-state index is -0.579. The van der Waals surface area contributed by atoms with Crippen molar-refractivity contribution in [3.05, 3.63) is 46.2 Å². The number of anilines is 2. The number of benzene rings is 1. The topological polar surface area (TPSA) is 103 Å². The zero-order chi connectivity index (χ0) is 21.3. The molecule has 2 amide bonds. The molecular formula is C22H23N3O4. The lowest BCUT2D eigenvalue weighted by Crippen LogP contribution is -2.29. The normalized spacial score (nSPS) is 16.0. The molecule has 2 heterocycles. The van der Waals surface area contributed by atoms with Crippen molar-refractivity contribution in [2.24, 2.45) is 5.92 Å². The first-order valence-corrected chi connectivity index (χ1v) is 9.52. The lowest BCUT2D eigenvalue weighted by molar-refractivity contribution is -0.122. The van der Waals surface area contributed by atoms with Crippen LogP contribution in [-0.2, 0) is 16.0 Å². The molecule has 1 atom stereocenters. The molecule has 1 saturated heterocycles. The average molecular weight is 393 g/mol. The molecule has 1 aromatic carbocycles. The SMILES string of the molecule is CCc1cccc(C)c1N1CC(C(=O)Nc2oc(C)c(C(C)=O)c2C#N)CC1=O. The number of nitrogens with one attached hydrogen (secondary N) is 1. The molecule has 1 aliphatic heterocycles. The molecular weight excluding hydrogens is 370 g/mol. The van der Waals surface area contributed by atoms with Gasteiger partial charge in [-0.15, -0.1) is 0 Å². The summed E-state index contributed by atoms with van der Waals surface area (Å²) in [6, 6.07) is 7.81. The Labute approximate surface area is 169 Å². The van der Waals surface area contributed by atoms with E-state index in [9.17, 15) is 19.6 Å². The van der Waals surface area contributed by atoms with Gasteiger partial charge in [-0.1, -0.05) is 25.1 Å². The summed E-state index contributed by atoms with van der Waals surface area (Å²) in [4.78, 5) is 38.9. The highest BCUT2D eigenvalue weighted by Crippen LogP contribution is 2.33. The maximum atomic E-state index is 12.8. The minimum absolute atomic E-state index is 0.0108. The monoisotopic (exact) mass is 393 g/mol. The van der Waals surface area contributed by atoms with E-state index in [4.69, 9.17) is 4.42 Å². The highest BCUT2D eigenvalue weighted by atomic mass is 16.4. The van der Waals surface area contributed by atoms with Gasteiger partial charge in [0.05, 0.1) is 11.5 Å². The van der Waals surface area contributed by atoms with Gasteiger partial charge in [0.1, 0.15) is 17.4 Å². The van der Waals surface area contributed by atoms with E-state index in [0.29, 0.717) is 0 Å². The Bertz CT molecular complexity index is 1050. The van der Waals surface area contributed by atoms with Crippen LogP contribution in [0.4, 0.5) is 11.6 Å². The van der Waals surface area contributed by atoms with Crippen molar-refractivity contribution >= 4 is 29.2 Å². The van der Waals surface area contributed by atoms with Crippen LogP contribution in [0.15, 0.2) is 22.6 Å². The Morgan fingerprint density at radius 1 is 1.34 bits per heavy atom. The van der Waals surface area contributed by atoms with Gasteiger partial charge in [-0.05, 0) is 38.3 Å². The lowest BCUT2D eigenvalue weighted by Gasteiger charge is -2.22. The summed E-state index contributed by atoms with van der Waals surface area (Å²) in [5.41, 5.74) is 3.08. The molecule has 3 rings (SSSR count). The summed E-state index contributed by atoms with van der Waals surface area (Å²) < 4.78 is 5.45. The van der Waals surface area contributed by atoms with Gasteiger partial charge in [0.2, 0.25) is 17.7 Å². The Balaban J connectivity index is 1.83. The first-order valence-electron chi connectivity index (χ1n) is 9.52. The molecule has 150 valence electrons. The third-order valence-corrected chi connectivity index (χ3v) is 5.25. The maximum Gasteiger partial charge on any atom is 0.232 e. The Morgan fingerprint density at radius 3 is 2.69 bits per heavy atom. The van der Waals surface area contributed by atoms with Crippen LogP contribution < -0.4 is 10.2 Å². The maximum absolute atomic E-state index is 12.8. The first kappa shape index (κ1) is 20.3. The molecule has 2 aromatic rings. The lowest BCUT2D eigenvalue weighted by atomic mass is 10.0. The van der Waals surface area contributed by atoms with E-state index in [1.54, 1.807) is 11.8 Å². The Kier molecular flexibility index (Phi) is 5.55. The van der Waals surface area contributed by atoms with Crippen LogP contribution in [0.1, 0.15) is 53.1 Å². The molecule has 1 aromatic heterocycles. The van der Waals surface area contributed by atoms with Gasteiger partial charge in [-0.25, -0.2) is 0 Å². The van der Waals surface area contributed by atoms with E-state index < -0.39 is 11.8 Å². The number of hydrogen-bond acceptors (Lipinski definition) is 5. The van der Waals surface area contributed by atoms with Crippen molar-refractivity contribution in [2.45, 2.75) is 40.5 Å². The molecule has 1 N–H and O–H groups in total. The standard InChI is InChI=1S/C22H23N3O4/c1-5-15-8-6-7-12(2)20(15)25-11-16(9-18(25)27)21(28)24-22-17(10-23)19(13(3)26)14(4)29-22/h6-8,16H,5,9,11H2,1-4H3,(H,24,28). The van der Waals surface area contributed by atoms with Crippen LogP contribution in [0.5, 0.6) is 0 Å². The number of amides is 2.